The number of amides is 1. The molecule has 0 aliphatic carbocycles. The minimum Gasteiger partial charge on any atom is -0.462 e. The van der Waals surface area contributed by atoms with Gasteiger partial charge in [-0.25, -0.2) is 9.59 Å². The van der Waals surface area contributed by atoms with Crippen molar-refractivity contribution < 1.29 is 19.1 Å². The molecule has 0 aliphatic heterocycles. The van der Waals surface area contributed by atoms with Gasteiger partial charge in [-0.2, -0.15) is 0 Å². The molecule has 5 nitrogen and oxygen atoms in total. The lowest BCUT2D eigenvalue weighted by Crippen LogP contribution is -2.17. The second-order valence-electron chi connectivity index (χ2n) is 5.08. The number of rotatable bonds is 5. The van der Waals surface area contributed by atoms with Gasteiger partial charge in [0.05, 0.1) is 17.9 Å². The normalized spacial score (nSPS) is 10.1. The van der Waals surface area contributed by atoms with Crippen LogP contribution < -0.4 is 5.32 Å². The number of ether oxygens (including phenoxy) is 2. The van der Waals surface area contributed by atoms with E-state index >= 15 is 0 Å². The molecule has 24 heavy (non-hydrogen) atoms. The highest BCUT2D eigenvalue weighted by molar-refractivity contribution is 9.10. The predicted molar refractivity (Wildman–Crippen MR) is 95.1 cm³/mol. The van der Waals surface area contributed by atoms with Crippen LogP contribution in [0.1, 0.15) is 28.4 Å². The van der Waals surface area contributed by atoms with Gasteiger partial charge < -0.3 is 9.47 Å². The average molecular weight is 392 g/mol. The van der Waals surface area contributed by atoms with E-state index < -0.39 is 12.1 Å². The second kappa shape index (κ2) is 8.49. The number of esters is 1. The topological polar surface area (TPSA) is 64.6 Å². The van der Waals surface area contributed by atoms with Crippen molar-refractivity contribution in [3.8, 4) is 0 Å². The molecule has 2 aromatic carbocycles. The molecule has 0 fully saturated rings. The minimum atomic E-state index is -0.644. The molecule has 0 bridgehead atoms. The van der Waals surface area contributed by atoms with Gasteiger partial charge in [-0.15, -0.1) is 0 Å². The van der Waals surface area contributed by atoms with E-state index in [4.69, 9.17) is 9.47 Å². The summed E-state index contributed by atoms with van der Waals surface area (Å²) in [4.78, 5) is 24.1. The standard InChI is InChI=1S/C18H18BrNO4/c1-3-23-17(21)14-9-12(2)10-15(19)16(14)20-18(22)24-11-13-7-5-4-6-8-13/h4-10H,3,11H2,1-2H3,(H,20,22). The summed E-state index contributed by atoms with van der Waals surface area (Å²) in [5, 5.41) is 2.61. The van der Waals surface area contributed by atoms with Crippen molar-refractivity contribution in [3.63, 3.8) is 0 Å². The fourth-order valence-electron chi connectivity index (χ4n) is 2.10. The Bertz CT molecular complexity index is 731. The molecule has 1 N–H and O–H groups in total. The third-order valence-corrected chi connectivity index (χ3v) is 3.80. The molecule has 0 aliphatic rings. The summed E-state index contributed by atoms with van der Waals surface area (Å²) >= 11 is 3.36. The van der Waals surface area contributed by atoms with Gasteiger partial charge in [0.2, 0.25) is 0 Å². The summed E-state index contributed by atoms with van der Waals surface area (Å²) in [5.41, 5.74) is 2.35. The van der Waals surface area contributed by atoms with E-state index in [9.17, 15) is 9.59 Å². The summed E-state index contributed by atoms with van der Waals surface area (Å²) in [6.45, 7) is 3.97. The zero-order chi connectivity index (χ0) is 17.5. The van der Waals surface area contributed by atoms with Crippen LogP contribution in [0.5, 0.6) is 0 Å². The van der Waals surface area contributed by atoms with Crippen LogP contribution in [0.25, 0.3) is 0 Å². The zero-order valence-electron chi connectivity index (χ0n) is 13.5. The first-order valence-electron chi connectivity index (χ1n) is 7.46. The summed E-state index contributed by atoms with van der Waals surface area (Å²) in [7, 11) is 0. The molecule has 2 rings (SSSR count). The quantitative estimate of drug-likeness (QED) is 0.751. The van der Waals surface area contributed by atoms with Gasteiger partial charge >= 0.3 is 12.1 Å². The fraction of sp³-hybridized carbons (Fsp3) is 0.222. The van der Waals surface area contributed by atoms with Gasteiger partial charge in [-0.3, -0.25) is 5.32 Å². The molecule has 0 saturated carbocycles. The number of aryl methyl sites for hydroxylation is 1. The molecule has 0 saturated heterocycles. The Balaban J connectivity index is 2.13. The number of carbonyl (C=O) groups is 2. The first kappa shape index (κ1) is 18.0. The molecule has 1 amide bonds. The summed E-state index contributed by atoms with van der Waals surface area (Å²) < 4.78 is 10.8. The molecule has 0 unspecified atom stereocenters. The number of hydrogen-bond donors (Lipinski definition) is 1. The van der Waals surface area contributed by atoms with Crippen LogP contribution in [0.4, 0.5) is 10.5 Å². The van der Waals surface area contributed by atoms with Crippen LogP contribution in [-0.4, -0.2) is 18.7 Å². The number of carbonyl (C=O) groups excluding carboxylic acids is 2. The summed E-state index contributed by atoms with van der Waals surface area (Å²) in [5.74, 6) is -0.500. The molecule has 0 atom stereocenters. The number of anilines is 1. The highest BCUT2D eigenvalue weighted by Gasteiger charge is 2.18. The molecule has 0 spiro atoms. The van der Waals surface area contributed by atoms with Crippen molar-refractivity contribution in [2.24, 2.45) is 0 Å². The Morgan fingerprint density at radius 1 is 1.12 bits per heavy atom. The minimum absolute atomic E-state index is 0.144. The molecule has 0 radical (unpaired) electrons. The highest BCUT2D eigenvalue weighted by Crippen LogP contribution is 2.29. The Kier molecular flexibility index (Phi) is 6.37. The maximum absolute atomic E-state index is 12.1. The lowest BCUT2D eigenvalue weighted by atomic mass is 10.1. The summed E-state index contributed by atoms with van der Waals surface area (Å²) in [6, 6.07) is 12.8. The first-order valence-corrected chi connectivity index (χ1v) is 8.25. The van der Waals surface area contributed by atoms with Crippen molar-refractivity contribution in [1.82, 2.24) is 0 Å². The number of nitrogens with one attached hydrogen (secondary N) is 1. The van der Waals surface area contributed by atoms with Gasteiger partial charge in [0.15, 0.2) is 0 Å². The molecule has 0 aromatic heterocycles. The second-order valence-corrected chi connectivity index (χ2v) is 5.93. The van der Waals surface area contributed by atoms with Crippen molar-refractivity contribution in [1.29, 1.82) is 0 Å². The van der Waals surface area contributed by atoms with Crippen molar-refractivity contribution >= 4 is 33.7 Å². The molecular formula is C18H18BrNO4. The van der Waals surface area contributed by atoms with E-state index in [-0.39, 0.29) is 18.8 Å². The van der Waals surface area contributed by atoms with E-state index in [1.165, 1.54) is 0 Å². The molecular weight excluding hydrogens is 374 g/mol. The Morgan fingerprint density at radius 3 is 2.50 bits per heavy atom. The van der Waals surface area contributed by atoms with E-state index in [0.717, 1.165) is 11.1 Å². The Labute approximate surface area is 149 Å². The van der Waals surface area contributed by atoms with Crippen LogP contribution >= 0.6 is 15.9 Å². The molecule has 6 heteroatoms. The third-order valence-electron chi connectivity index (χ3n) is 3.17. The molecule has 2 aromatic rings. The smallest absolute Gasteiger partial charge is 0.412 e. The van der Waals surface area contributed by atoms with Gasteiger partial charge in [0.25, 0.3) is 0 Å². The lowest BCUT2D eigenvalue weighted by molar-refractivity contribution is 0.0527. The lowest BCUT2D eigenvalue weighted by Gasteiger charge is -2.14. The Morgan fingerprint density at radius 2 is 1.83 bits per heavy atom. The van der Waals surface area contributed by atoms with Crippen molar-refractivity contribution in [3.05, 3.63) is 63.6 Å². The zero-order valence-corrected chi connectivity index (χ0v) is 15.1. The third kappa shape index (κ3) is 4.83. The maximum atomic E-state index is 12.1. The van der Waals surface area contributed by atoms with Crippen LogP contribution in [0, 0.1) is 6.92 Å². The average Bonchev–Trinajstić information content (AvgIpc) is 2.56. The van der Waals surface area contributed by atoms with Gasteiger partial charge in [-0.05, 0) is 53.0 Å². The number of halogens is 1. The van der Waals surface area contributed by atoms with Gasteiger partial charge in [-0.1, -0.05) is 30.3 Å². The van der Waals surface area contributed by atoms with Crippen LogP contribution in [0.15, 0.2) is 46.9 Å². The number of hydrogen-bond acceptors (Lipinski definition) is 4. The SMILES string of the molecule is CCOC(=O)c1cc(C)cc(Br)c1NC(=O)OCc1ccccc1. The van der Waals surface area contributed by atoms with Crippen molar-refractivity contribution in [2.75, 3.05) is 11.9 Å². The van der Waals surface area contributed by atoms with E-state index in [1.54, 1.807) is 19.1 Å². The molecule has 126 valence electrons. The monoisotopic (exact) mass is 391 g/mol. The van der Waals surface area contributed by atoms with Crippen LogP contribution in [0.3, 0.4) is 0 Å². The van der Waals surface area contributed by atoms with Gasteiger partial charge in [0, 0.05) is 4.47 Å². The van der Waals surface area contributed by atoms with E-state index in [2.05, 4.69) is 21.2 Å². The van der Waals surface area contributed by atoms with E-state index in [0.29, 0.717) is 10.2 Å². The molecule has 0 heterocycles. The maximum Gasteiger partial charge on any atom is 0.412 e. The predicted octanol–water partition coefficient (Wildman–Crippen LogP) is 4.68. The van der Waals surface area contributed by atoms with Gasteiger partial charge in [0.1, 0.15) is 6.61 Å². The summed E-state index contributed by atoms with van der Waals surface area (Å²) in [6.07, 6.45) is -0.644. The van der Waals surface area contributed by atoms with Crippen molar-refractivity contribution in [2.45, 2.75) is 20.5 Å². The first-order chi connectivity index (χ1) is 11.5. The van der Waals surface area contributed by atoms with E-state index in [1.807, 2.05) is 37.3 Å². The van der Waals surface area contributed by atoms with Crippen LogP contribution in [0.2, 0.25) is 0 Å². The fourth-order valence-corrected chi connectivity index (χ4v) is 2.77. The highest BCUT2D eigenvalue weighted by atomic mass is 79.9. The number of benzene rings is 2. The largest absolute Gasteiger partial charge is 0.462 e. The van der Waals surface area contributed by atoms with Crippen LogP contribution in [-0.2, 0) is 16.1 Å². The Hall–Kier alpha value is -2.34.